The van der Waals surface area contributed by atoms with Gasteiger partial charge in [0, 0.05) is 30.9 Å². The largest absolute Gasteiger partial charge is 0.399 e. The average Bonchev–Trinajstić information content (AvgIpc) is 3.43. The van der Waals surface area contributed by atoms with Crippen LogP contribution in [0.15, 0.2) is 42.0 Å². The van der Waals surface area contributed by atoms with Gasteiger partial charge in [-0.1, -0.05) is 35.4 Å². The summed E-state index contributed by atoms with van der Waals surface area (Å²) in [7, 11) is 0. The molecule has 0 bridgehead atoms. The summed E-state index contributed by atoms with van der Waals surface area (Å²) < 4.78 is 0. The molecule has 28 heavy (non-hydrogen) atoms. The number of nitrogens with two attached hydrogens (primary N) is 2. The van der Waals surface area contributed by atoms with Crippen molar-refractivity contribution in [3.8, 4) is 0 Å². The van der Waals surface area contributed by atoms with Gasteiger partial charge in [-0.05, 0) is 85.4 Å². The van der Waals surface area contributed by atoms with Crippen LogP contribution in [0, 0.1) is 6.92 Å². The van der Waals surface area contributed by atoms with Crippen molar-refractivity contribution in [1.82, 2.24) is 4.90 Å². The van der Waals surface area contributed by atoms with Crippen molar-refractivity contribution in [1.29, 1.82) is 0 Å². The number of benzene rings is 2. The van der Waals surface area contributed by atoms with Gasteiger partial charge in [-0.3, -0.25) is 0 Å². The third-order valence-electron chi connectivity index (χ3n) is 6.84. The molecule has 0 atom stereocenters. The van der Waals surface area contributed by atoms with Crippen LogP contribution in [0.3, 0.4) is 0 Å². The van der Waals surface area contributed by atoms with Crippen LogP contribution in [-0.2, 0) is 12.8 Å². The topological polar surface area (TPSA) is 55.3 Å². The second-order valence-corrected chi connectivity index (χ2v) is 9.19. The molecular formula is C25H31N3. The normalized spacial score (nSPS) is 21.1. The summed E-state index contributed by atoms with van der Waals surface area (Å²) in [4.78, 5) is 2.58. The number of anilines is 1. The summed E-state index contributed by atoms with van der Waals surface area (Å²) in [5.74, 6) is 0. The monoisotopic (exact) mass is 373 g/mol. The smallest absolute Gasteiger partial charge is 0.0317 e. The van der Waals surface area contributed by atoms with E-state index in [0.29, 0.717) is 0 Å². The SMILES string of the molecule is Cc1ccc2c(c1)CCc1cc(N)ccc1C2=C1CCN(CC2(N)CC2)CC1. The minimum atomic E-state index is 0.112. The summed E-state index contributed by atoms with van der Waals surface area (Å²) in [5.41, 5.74) is 23.6. The number of hydrogen-bond acceptors (Lipinski definition) is 3. The molecular weight excluding hydrogens is 342 g/mol. The first-order valence-corrected chi connectivity index (χ1v) is 10.7. The third-order valence-corrected chi connectivity index (χ3v) is 6.84. The van der Waals surface area contributed by atoms with Crippen LogP contribution in [-0.4, -0.2) is 30.1 Å². The van der Waals surface area contributed by atoms with Crippen LogP contribution in [0.1, 0.15) is 53.5 Å². The van der Waals surface area contributed by atoms with Gasteiger partial charge < -0.3 is 16.4 Å². The van der Waals surface area contributed by atoms with Gasteiger partial charge in [0.1, 0.15) is 0 Å². The number of likely N-dealkylation sites (tertiary alicyclic amines) is 1. The first-order chi connectivity index (χ1) is 13.5. The van der Waals surface area contributed by atoms with Gasteiger partial charge in [0.05, 0.1) is 0 Å². The molecule has 1 saturated heterocycles. The molecule has 3 nitrogen and oxygen atoms in total. The maximum atomic E-state index is 6.36. The minimum Gasteiger partial charge on any atom is -0.399 e. The Kier molecular flexibility index (Phi) is 4.33. The van der Waals surface area contributed by atoms with Crippen molar-refractivity contribution >= 4 is 11.3 Å². The minimum absolute atomic E-state index is 0.112. The molecule has 2 aliphatic carbocycles. The molecule has 0 amide bonds. The van der Waals surface area contributed by atoms with Crippen molar-refractivity contribution in [2.45, 2.75) is 51.0 Å². The molecule has 2 fully saturated rings. The number of hydrogen-bond donors (Lipinski definition) is 2. The lowest BCUT2D eigenvalue weighted by atomic mass is 9.85. The second-order valence-electron chi connectivity index (χ2n) is 9.19. The van der Waals surface area contributed by atoms with E-state index in [1.807, 2.05) is 0 Å². The van der Waals surface area contributed by atoms with Crippen LogP contribution < -0.4 is 11.5 Å². The van der Waals surface area contributed by atoms with Crippen molar-refractivity contribution < 1.29 is 0 Å². The Balaban J connectivity index is 1.55. The van der Waals surface area contributed by atoms with Gasteiger partial charge in [-0.2, -0.15) is 0 Å². The van der Waals surface area contributed by atoms with Crippen LogP contribution in [0.2, 0.25) is 0 Å². The summed E-state index contributed by atoms with van der Waals surface area (Å²) in [5, 5.41) is 0. The Morgan fingerprint density at radius 1 is 0.893 bits per heavy atom. The summed E-state index contributed by atoms with van der Waals surface area (Å²) >= 11 is 0. The molecule has 0 aromatic heterocycles. The van der Waals surface area contributed by atoms with E-state index in [1.165, 1.54) is 46.2 Å². The second kappa shape index (κ2) is 6.75. The summed E-state index contributed by atoms with van der Waals surface area (Å²) in [6.07, 6.45) is 6.82. The summed E-state index contributed by atoms with van der Waals surface area (Å²) in [6.45, 7) is 5.52. The van der Waals surface area contributed by atoms with E-state index in [2.05, 4.69) is 48.2 Å². The van der Waals surface area contributed by atoms with E-state index >= 15 is 0 Å². The van der Waals surface area contributed by atoms with Gasteiger partial charge >= 0.3 is 0 Å². The van der Waals surface area contributed by atoms with Crippen LogP contribution in [0.5, 0.6) is 0 Å². The lowest BCUT2D eigenvalue weighted by Gasteiger charge is -2.32. The molecule has 3 aliphatic rings. The molecule has 1 saturated carbocycles. The number of piperidine rings is 1. The van der Waals surface area contributed by atoms with Gasteiger partial charge in [0.15, 0.2) is 0 Å². The predicted molar refractivity (Wildman–Crippen MR) is 117 cm³/mol. The first-order valence-electron chi connectivity index (χ1n) is 10.7. The lowest BCUT2D eigenvalue weighted by molar-refractivity contribution is 0.235. The molecule has 0 unspecified atom stereocenters. The molecule has 0 spiro atoms. The Morgan fingerprint density at radius 2 is 1.54 bits per heavy atom. The van der Waals surface area contributed by atoms with Crippen molar-refractivity contribution in [3.05, 3.63) is 69.8 Å². The molecule has 5 rings (SSSR count). The fourth-order valence-electron chi connectivity index (χ4n) is 5.03. The maximum Gasteiger partial charge on any atom is 0.0317 e. The molecule has 4 N–H and O–H groups in total. The van der Waals surface area contributed by atoms with E-state index in [1.54, 1.807) is 5.57 Å². The quantitative estimate of drug-likeness (QED) is 0.781. The third kappa shape index (κ3) is 3.38. The number of nitrogens with zero attached hydrogens (tertiary/aromatic N) is 1. The highest BCUT2D eigenvalue weighted by molar-refractivity contribution is 5.86. The Morgan fingerprint density at radius 3 is 2.21 bits per heavy atom. The number of nitrogen functional groups attached to an aromatic ring is 1. The number of fused-ring (bicyclic) bond motifs is 2. The Hall–Kier alpha value is -2.10. The van der Waals surface area contributed by atoms with Crippen LogP contribution in [0.25, 0.3) is 5.57 Å². The molecule has 0 radical (unpaired) electrons. The molecule has 2 aromatic rings. The zero-order valence-electron chi connectivity index (χ0n) is 16.9. The zero-order chi connectivity index (χ0) is 19.3. The van der Waals surface area contributed by atoms with E-state index in [9.17, 15) is 0 Å². The van der Waals surface area contributed by atoms with Gasteiger partial charge in [-0.25, -0.2) is 0 Å². The Bertz CT molecular complexity index is 887. The van der Waals surface area contributed by atoms with Crippen molar-refractivity contribution in [2.24, 2.45) is 5.73 Å². The fraction of sp³-hybridized carbons (Fsp3) is 0.440. The molecule has 3 heteroatoms. The van der Waals surface area contributed by atoms with Crippen LogP contribution in [0.4, 0.5) is 5.69 Å². The van der Waals surface area contributed by atoms with Gasteiger partial charge in [0.2, 0.25) is 0 Å². The zero-order valence-corrected chi connectivity index (χ0v) is 16.9. The standard InChI is InChI=1S/C25H31N3/c1-17-2-6-22-19(14-17)3-4-20-15-21(26)5-7-23(20)24(22)18-8-12-28(13-9-18)16-25(27)10-11-25/h2,5-7,14-15H,3-4,8-13,16,26-27H2,1H3. The van der Waals surface area contributed by atoms with Gasteiger partial charge in [0.25, 0.3) is 0 Å². The van der Waals surface area contributed by atoms with E-state index in [4.69, 9.17) is 11.5 Å². The highest BCUT2D eigenvalue weighted by atomic mass is 15.2. The maximum absolute atomic E-state index is 6.36. The molecule has 1 heterocycles. The van der Waals surface area contributed by atoms with Crippen molar-refractivity contribution in [2.75, 3.05) is 25.4 Å². The summed E-state index contributed by atoms with van der Waals surface area (Å²) in [6, 6.07) is 13.5. The molecule has 2 aromatic carbocycles. The molecule has 1 aliphatic heterocycles. The lowest BCUT2D eigenvalue weighted by Crippen LogP contribution is -2.42. The fourth-order valence-corrected chi connectivity index (χ4v) is 5.03. The van der Waals surface area contributed by atoms with Gasteiger partial charge in [-0.15, -0.1) is 0 Å². The molecule has 146 valence electrons. The van der Waals surface area contributed by atoms with E-state index in [0.717, 1.165) is 51.0 Å². The van der Waals surface area contributed by atoms with E-state index < -0.39 is 0 Å². The number of aryl methyl sites for hydroxylation is 3. The van der Waals surface area contributed by atoms with E-state index in [-0.39, 0.29) is 5.54 Å². The average molecular weight is 374 g/mol. The predicted octanol–water partition coefficient (Wildman–Crippen LogP) is 4.06. The first kappa shape index (κ1) is 18.0. The van der Waals surface area contributed by atoms with Crippen molar-refractivity contribution in [3.63, 3.8) is 0 Å². The highest BCUT2D eigenvalue weighted by Gasteiger charge is 2.40. The highest BCUT2D eigenvalue weighted by Crippen LogP contribution is 2.40. The van der Waals surface area contributed by atoms with Crippen LogP contribution >= 0.6 is 0 Å². The Labute approximate surface area is 168 Å². The number of rotatable bonds is 2.